The van der Waals surface area contributed by atoms with Gasteiger partial charge in [-0.25, -0.2) is 0 Å². The normalized spacial score (nSPS) is 11.8. The number of nitrogens with two attached hydrogens (primary N) is 1. The van der Waals surface area contributed by atoms with Gasteiger partial charge in [-0.15, -0.1) is 11.8 Å². The molecule has 96 valence electrons. The lowest BCUT2D eigenvalue weighted by atomic mass is 9.88. The lowest BCUT2D eigenvalue weighted by Gasteiger charge is -2.21. The Balaban J connectivity index is 2.14. The molecule has 3 heteroatoms. The van der Waals surface area contributed by atoms with Crippen molar-refractivity contribution in [2.75, 3.05) is 12.3 Å². The Bertz CT molecular complexity index is 321. The van der Waals surface area contributed by atoms with Gasteiger partial charge in [0.2, 0.25) is 0 Å². The first-order valence-corrected chi connectivity index (χ1v) is 7.48. The van der Waals surface area contributed by atoms with Gasteiger partial charge < -0.3 is 5.73 Å². The van der Waals surface area contributed by atoms with E-state index in [1.807, 2.05) is 23.9 Å². The molecule has 1 aromatic rings. The monoisotopic (exact) mass is 271 g/mol. The van der Waals surface area contributed by atoms with Crippen molar-refractivity contribution in [3.05, 3.63) is 29.3 Å². The Hall–Kier alpha value is -0.180. The van der Waals surface area contributed by atoms with Crippen LogP contribution in [0.3, 0.4) is 0 Å². The summed E-state index contributed by atoms with van der Waals surface area (Å²) < 4.78 is 0. The van der Waals surface area contributed by atoms with Crippen molar-refractivity contribution in [2.45, 2.75) is 38.0 Å². The molecule has 0 aliphatic rings. The van der Waals surface area contributed by atoms with Gasteiger partial charge in [-0.2, -0.15) is 0 Å². The fourth-order valence-corrected chi connectivity index (χ4v) is 2.57. The molecular weight excluding hydrogens is 250 g/mol. The van der Waals surface area contributed by atoms with Gasteiger partial charge in [-0.1, -0.05) is 31.9 Å². The van der Waals surface area contributed by atoms with E-state index < -0.39 is 0 Å². The van der Waals surface area contributed by atoms with Gasteiger partial charge in [0.25, 0.3) is 0 Å². The van der Waals surface area contributed by atoms with Crippen LogP contribution < -0.4 is 5.73 Å². The van der Waals surface area contributed by atoms with Gasteiger partial charge in [-0.3, -0.25) is 0 Å². The highest BCUT2D eigenvalue weighted by Crippen LogP contribution is 2.24. The van der Waals surface area contributed by atoms with E-state index in [2.05, 4.69) is 26.0 Å². The molecule has 1 nitrogen and oxygen atoms in total. The summed E-state index contributed by atoms with van der Waals surface area (Å²) in [6.45, 7) is 5.25. The van der Waals surface area contributed by atoms with E-state index in [4.69, 9.17) is 17.3 Å². The van der Waals surface area contributed by atoms with E-state index in [0.717, 1.165) is 11.6 Å². The number of hydrogen-bond donors (Lipinski definition) is 1. The standard InChI is InChI=1S/C14H22ClNS/c1-14(2,11-16)9-3-4-10-17-13-7-5-12(15)6-8-13/h5-8H,3-4,9-11,16H2,1-2H3. The van der Waals surface area contributed by atoms with Gasteiger partial charge >= 0.3 is 0 Å². The van der Waals surface area contributed by atoms with Crippen molar-refractivity contribution < 1.29 is 0 Å². The summed E-state index contributed by atoms with van der Waals surface area (Å²) in [5.41, 5.74) is 6.01. The molecule has 0 heterocycles. The summed E-state index contributed by atoms with van der Waals surface area (Å²) in [4.78, 5) is 1.30. The molecule has 0 aromatic heterocycles. The van der Waals surface area contributed by atoms with Gasteiger partial charge in [0.15, 0.2) is 0 Å². The van der Waals surface area contributed by atoms with Crippen molar-refractivity contribution in [1.29, 1.82) is 0 Å². The molecule has 0 radical (unpaired) electrons. The number of halogens is 1. The van der Waals surface area contributed by atoms with Gasteiger partial charge in [0, 0.05) is 9.92 Å². The fourth-order valence-electron chi connectivity index (χ4n) is 1.53. The summed E-state index contributed by atoms with van der Waals surface area (Å²) in [6.07, 6.45) is 3.71. The topological polar surface area (TPSA) is 26.0 Å². The van der Waals surface area contributed by atoms with Crippen LogP contribution in [-0.2, 0) is 0 Å². The first-order valence-electron chi connectivity index (χ1n) is 6.12. The lowest BCUT2D eigenvalue weighted by Crippen LogP contribution is -2.23. The van der Waals surface area contributed by atoms with Gasteiger partial charge in [-0.05, 0) is 54.8 Å². The number of unbranched alkanes of at least 4 members (excludes halogenated alkanes) is 1. The molecule has 1 aromatic carbocycles. The minimum atomic E-state index is 0.297. The number of thioether (sulfide) groups is 1. The van der Waals surface area contributed by atoms with E-state index in [1.54, 1.807) is 0 Å². The van der Waals surface area contributed by atoms with Crippen LogP contribution in [0.1, 0.15) is 33.1 Å². The molecule has 0 fully saturated rings. The SMILES string of the molecule is CC(C)(CN)CCCCSc1ccc(Cl)cc1. The molecule has 0 aliphatic heterocycles. The molecule has 0 amide bonds. The maximum Gasteiger partial charge on any atom is 0.0406 e. The van der Waals surface area contributed by atoms with E-state index in [1.165, 1.54) is 29.9 Å². The average molecular weight is 272 g/mol. The predicted molar refractivity (Wildman–Crippen MR) is 78.9 cm³/mol. The van der Waals surface area contributed by atoms with Crippen LogP contribution in [0.25, 0.3) is 0 Å². The molecule has 0 aliphatic carbocycles. The molecule has 1 rings (SSSR count). The van der Waals surface area contributed by atoms with Crippen LogP contribution in [0.2, 0.25) is 5.02 Å². The maximum absolute atomic E-state index is 5.84. The molecule has 2 N–H and O–H groups in total. The first-order chi connectivity index (χ1) is 8.03. The Morgan fingerprint density at radius 1 is 1.18 bits per heavy atom. The van der Waals surface area contributed by atoms with Crippen molar-refractivity contribution in [1.82, 2.24) is 0 Å². The second-order valence-electron chi connectivity index (χ2n) is 5.13. The second kappa shape index (κ2) is 7.30. The molecule has 0 saturated heterocycles. The van der Waals surface area contributed by atoms with Crippen molar-refractivity contribution >= 4 is 23.4 Å². The molecular formula is C14H22ClNS. The average Bonchev–Trinajstić information content (AvgIpc) is 2.31. The fraction of sp³-hybridized carbons (Fsp3) is 0.571. The van der Waals surface area contributed by atoms with Crippen LogP contribution in [-0.4, -0.2) is 12.3 Å². The highest BCUT2D eigenvalue weighted by Gasteiger charge is 2.14. The quantitative estimate of drug-likeness (QED) is 0.580. The Morgan fingerprint density at radius 3 is 2.41 bits per heavy atom. The summed E-state index contributed by atoms with van der Waals surface area (Å²) in [5, 5.41) is 0.805. The number of benzene rings is 1. The zero-order valence-electron chi connectivity index (χ0n) is 10.7. The Morgan fingerprint density at radius 2 is 1.82 bits per heavy atom. The zero-order chi connectivity index (χ0) is 12.7. The van der Waals surface area contributed by atoms with E-state index in [0.29, 0.717) is 5.41 Å². The van der Waals surface area contributed by atoms with Crippen LogP contribution in [0.4, 0.5) is 0 Å². The smallest absolute Gasteiger partial charge is 0.0406 e. The summed E-state index contributed by atoms with van der Waals surface area (Å²) >= 11 is 7.74. The van der Waals surface area contributed by atoms with Crippen LogP contribution in [0.5, 0.6) is 0 Å². The minimum Gasteiger partial charge on any atom is -0.330 e. The number of rotatable bonds is 7. The zero-order valence-corrected chi connectivity index (χ0v) is 12.3. The molecule has 0 saturated carbocycles. The summed E-state index contributed by atoms with van der Waals surface area (Å²) in [7, 11) is 0. The Kier molecular flexibility index (Phi) is 6.39. The third-order valence-electron chi connectivity index (χ3n) is 2.88. The molecule has 0 bridgehead atoms. The van der Waals surface area contributed by atoms with Crippen molar-refractivity contribution in [2.24, 2.45) is 11.1 Å². The first kappa shape index (κ1) is 14.9. The van der Waals surface area contributed by atoms with Gasteiger partial charge in [0.1, 0.15) is 0 Å². The third-order valence-corrected chi connectivity index (χ3v) is 4.23. The highest BCUT2D eigenvalue weighted by atomic mass is 35.5. The van der Waals surface area contributed by atoms with E-state index in [-0.39, 0.29) is 0 Å². The molecule has 0 atom stereocenters. The van der Waals surface area contributed by atoms with Crippen molar-refractivity contribution in [3.63, 3.8) is 0 Å². The van der Waals surface area contributed by atoms with Crippen LogP contribution >= 0.6 is 23.4 Å². The minimum absolute atomic E-state index is 0.297. The van der Waals surface area contributed by atoms with Crippen molar-refractivity contribution in [3.8, 4) is 0 Å². The lowest BCUT2D eigenvalue weighted by molar-refractivity contribution is 0.336. The predicted octanol–water partition coefficient (Wildman–Crippen LogP) is 4.59. The van der Waals surface area contributed by atoms with Gasteiger partial charge in [0.05, 0.1) is 0 Å². The van der Waals surface area contributed by atoms with Crippen LogP contribution in [0, 0.1) is 5.41 Å². The van der Waals surface area contributed by atoms with Crippen LogP contribution in [0.15, 0.2) is 29.2 Å². The molecule has 0 spiro atoms. The number of hydrogen-bond acceptors (Lipinski definition) is 2. The third kappa shape index (κ3) is 6.35. The molecule has 0 unspecified atom stereocenters. The van der Waals surface area contributed by atoms with E-state index in [9.17, 15) is 0 Å². The largest absolute Gasteiger partial charge is 0.330 e. The second-order valence-corrected chi connectivity index (χ2v) is 6.73. The highest BCUT2D eigenvalue weighted by molar-refractivity contribution is 7.99. The molecule has 17 heavy (non-hydrogen) atoms. The Labute approximate surface area is 114 Å². The summed E-state index contributed by atoms with van der Waals surface area (Å²) in [6, 6.07) is 8.05. The summed E-state index contributed by atoms with van der Waals surface area (Å²) in [5.74, 6) is 1.17. The van der Waals surface area contributed by atoms with E-state index >= 15 is 0 Å². The maximum atomic E-state index is 5.84.